The quantitative estimate of drug-likeness (QED) is 0.297. The van der Waals surface area contributed by atoms with Crippen LogP contribution in [0.25, 0.3) is 0 Å². The molecule has 1 aliphatic rings. The maximum Gasteiger partial charge on any atom is 0.142 e. The topological polar surface area (TPSA) is 9.23 Å². The van der Waals surface area contributed by atoms with Crippen LogP contribution >= 0.6 is 0 Å². The van der Waals surface area contributed by atoms with Gasteiger partial charge >= 0.3 is 0 Å². The number of halogens is 1. The first-order valence-corrected chi connectivity index (χ1v) is 11.3. The summed E-state index contributed by atoms with van der Waals surface area (Å²) in [6, 6.07) is 4.97. The molecule has 0 unspecified atom stereocenters. The van der Waals surface area contributed by atoms with Crippen LogP contribution in [0.15, 0.2) is 30.4 Å². The highest BCUT2D eigenvalue weighted by atomic mass is 19.1. The van der Waals surface area contributed by atoms with Crippen LogP contribution < -0.4 is 4.74 Å². The second-order valence-corrected chi connectivity index (χ2v) is 8.10. The molecule has 28 heavy (non-hydrogen) atoms. The summed E-state index contributed by atoms with van der Waals surface area (Å²) >= 11 is 0. The highest BCUT2D eigenvalue weighted by molar-refractivity contribution is 5.41. The van der Waals surface area contributed by atoms with Crippen molar-refractivity contribution in [2.45, 2.75) is 84.5 Å². The largest absolute Gasteiger partial charge is 0.493 e. The van der Waals surface area contributed by atoms with E-state index in [2.05, 4.69) is 31.8 Å². The van der Waals surface area contributed by atoms with Gasteiger partial charge in [0.1, 0.15) is 11.6 Å². The lowest BCUT2D eigenvalue weighted by Crippen LogP contribution is -2.12. The Morgan fingerprint density at radius 1 is 1.04 bits per heavy atom. The van der Waals surface area contributed by atoms with Crippen molar-refractivity contribution in [3.8, 4) is 17.6 Å². The van der Waals surface area contributed by atoms with Gasteiger partial charge in [0.25, 0.3) is 0 Å². The molecule has 0 N–H and O–H groups in total. The molecule has 2 rings (SSSR count). The molecule has 0 spiro atoms. The first-order chi connectivity index (χ1) is 13.7. The maximum atomic E-state index is 14.2. The second kappa shape index (κ2) is 13.4. The lowest BCUT2D eigenvalue weighted by molar-refractivity contribution is 0.289. The molecule has 1 saturated carbocycles. The van der Waals surface area contributed by atoms with Gasteiger partial charge in [-0.1, -0.05) is 70.3 Å². The van der Waals surface area contributed by atoms with Crippen LogP contribution in [-0.2, 0) is 0 Å². The summed E-state index contributed by atoms with van der Waals surface area (Å²) in [5, 5.41) is 0. The summed E-state index contributed by atoms with van der Waals surface area (Å²) in [6.45, 7) is 5.06. The minimum absolute atomic E-state index is 0.304. The van der Waals surface area contributed by atoms with Gasteiger partial charge in [0.15, 0.2) is 0 Å². The van der Waals surface area contributed by atoms with Gasteiger partial charge in [-0.25, -0.2) is 4.39 Å². The van der Waals surface area contributed by atoms with E-state index in [1.165, 1.54) is 57.4 Å². The molecular formula is C26H37FO. The molecule has 1 fully saturated rings. The predicted molar refractivity (Wildman–Crippen MR) is 117 cm³/mol. The standard InChI is InChI=1S/C26H37FO/c1-3-5-7-11-22-14-16-23(17-15-22)12-8-9-13-24-18-19-25(21-26(24)27)28-20-10-6-4-2/h8,12,18-19,21-23H,3-7,10-11,14-17,20H2,1-2H3/b12-8+. The van der Waals surface area contributed by atoms with Gasteiger partial charge < -0.3 is 4.74 Å². The summed E-state index contributed by atoms with van der Waals surface area (Å²) in [7, 11) is 0. The third-order valence-electron chi connectivity index (χ3n) is 5.72. The van der Waals surface area contributed by atoms with Crippen molar-refractivity contribution in [1.82, 2.24) is 0 Å². The Kier molecular flexibility index (Phi) is 10.8. The van der Waals surface area contributed by atoms with E-state index in [-0.39, 0.29) is 5.82 Å². The zero-order valence-corrected chi connectivity index (χ0v) is 17.8. The van der Waals surface area contributed by atoms with Gasteiger partial charge in [0, 0.05) is 6.07 Å². The van der Waals surface area contributed by atoms with Crippen LogP contribution in [0.5, 0.6) is 5.75 Å². The Morgan fingerprint density at radius 3 is 2.50 bits per heavy atom. The molecule has 1 aromatic rings. The highest BCUT2D eigenvalue weighted by Gasteiger charge is 2.18. The molecule has 1 aromatic carbocycles. The lowest BCUT2D eigenvalue weighted by atomic mass is 9.79. The Hall–Kier alpha value is -1.75. The number of unbranched alkanes of at least 4 members (excludes halogenated alkanes) is 4. The summed E-state index contributed by atoms with van der Waals surface area (Å²) in [5.74, 6) is 7.80. The van der Waals surface area contributed by atoms with Crippen LogP contribution in [0.2, 0.25) is 0 Å². The fourth-order valence-corrected chi connectivity index (χ4v) is 3.89. The van der Waals surface area contributed by atoms with E-state index in [9.17, 15) is 4.39 Å². The van der Waals surface area contributed by atoms with E-state index in [4.69, 9.17) is 4.74 Å². The van der Waals surface area contributed by atoms with Crippen molar-refractivity contribution < 1.29 is 9.13 Å². The number of ether oxygens (including phenoxy) is 1. The van der Waals surface area contributed by atoms with Crippen LogP contribution in [0.3, 0.4) is 0 Å². The fraction of sp³-hybridized carbons (Fsp3) is 0.615. The van der Waals surface area contributed by atoms with E-state index in [0.717, 1.165) is 25.2 Å². The fourth-order valence-electron chi connectivity index (χ4n) is 3.89. The third-order valence-corrected chi connectivity index (χ3v) is 5.72. The smallest absolute Gasteiger partial charge is 0.142 e. The third kappa shape index (κ3) is 8.51. The minimum Gasteiger partial charge on any atom is -0.493 e. The van der Waals surface area contributed by atoms with Crippen molar-refractivity contribution in [2.24, 2.45) is 11.8 Å². The number of hydrogen-bond acceptors (Lipinski definition) is 1. The van der Waals surface area contributed by atoms with Gasteiger partial charge in [-0.3, -0.25) is 0 Å². The molecule has 0 aliphatic heterocycles. The van der Waals surface area contributed by atoms with Gasteiger partial charge in [-0.15, -0.1) is 0 Å². The van der Waals surface area contributed by atoms with E-state index in [1.807, 2.05) is 12.1 Å². The molecule has 0 aromatic heterocycles. The van der Waals surface area contributed by atoms with Crippen LogP contribution in [0.4, 0.5) is 4.39 Å². The number of allylic oxidation sites excluding steroid dienone is 2. The summed E-state index contributed by atoms with van der Waals surface area (Å²) in [4.78, 5) is 0. The van der Waals surface area contributed by atoms with Crippen molar-refractivity contribution in [3.63, 3.8) is 0 Å². The molecule has 0 saturated heterocycles. The van der Waals surface area contributed by atoms with E-state index in [0.29, 0.717) is 23.8 Å². The molecule has 2 heteroatoms. The number of benzene rings is 1. The Labute approximate surface area is 171 Å². The molecule has 1 aliphatic carbocycles. The normalized spacial score (nSPS) is 19.4. The summed E-state index contributed by atoms with van der Waals surface area (Å²) < 4.78 is 19.8. The lowest BCUT2D eigenvalue weighted by Gasteiger charge is -2.26. The van der Waals surface area contributed by atoms with E-state index < -0.39 is 0 Å². The highest BCUT2D eigenvalue weighted by Crippen LogP contribution is 2.32. The zero-order chi connectivity index (χ0) is 20.0. The van der Waals surface area contributed by atoms with Gasteiger partial charge in [0.2, 0.25) is 0 Å². The van der Waals surface area contributed by atoms with E-state index >= 15 is 0 Å². The first kappa shape index (κ1) is 22.5. The Morgan fingerprint density at radius 2 is 1.79 bits per heavy atom. The van der Waals surface area contributed by atoms with Crippen molar-refractivity contribution >= 4 is 0 Å². The molecular weight excluding hydrogens is 347 g/mol. The summed E-state index contributed by atoms with van der Waals surface area (Å²) in [5.41, 5.74) is 0.435. The first-order valence-electron chi connectivity index (χ1n) is 11.3. The van der Waals surface area contributed by atoms with Gasteiger partial charge in [-0.05, 0) is 62.1 Å². The summed E-state index contributed by atoms with van der Waals surface area (Å²) in [6.07, 6.45) is 18.1. The molecule has 0 radical (unpaired) electrons. The van der Waals surface area contributed by atoms with Crippen LogP contribution in [0.1, 0.15) is 90.0 Å². The molecule has 0 bridgehead atoms. The number of hydrogen-bond donors (Lipinski definition) is 0. The van der Waals surface area contributed by atoms with Crippen LogP contribution in [-0.4, -0.2) is 6.61 Å². The van der Waals surface area contributed by atoms with Gasteiger partial charge in [-0.2, -0.15) is 0 Å². The molecule has 0 atom stereocenters. The second-order valence-electron chi connectivity index (χ2n) is 8.10. The minimum atomic E-state index is -0.304. The maximum absolute atomic E-state index is 14.2. The number of rotatable bonds is 10. The molecule has 154 valence electrons. The van der Waals surface area contributed by atoms with Crippen molar-refractivity contribution in [1.29, 1.82) is 0 Å². The molecule has 0 heterocycles. The van der Waals surface area contributed by atoms with E-state index in [1.54, 1.807) is 6.07 Å². The zero-order valence-electron chi connectivity index (χ0n) is 17.8. The average molecular weight is 385 g/mol. The average Bonchev–Trinajstić information content (AvgIpc) is 2.71. The predicted octanol–water partition coefficient (Wildman–Crippen LogP) is 7.69. The SMILES string of the molecule is CCCCCOc1ccc(C#C/C=C/C2CCC(CCCCC)CC2)c(F)c1. The van der Waals surface area contributed by atoms with Crippen LogP contribution in [0, 0.1) is 29.5 Å². The molecule has 1 nitrogen and oxygen atoms in total. The molecule has 0 amide bonds. The monoisotopic (exact) mass is 384 g/mol. The Balaban J connectivity index is 1.74. The van der Waals surface area contributed by atoms with Gasteiger partial charge in [0.05, 0.1) is 12.2 Å². The Bertz CT molecular complexity index is 644. The van der Waals surface area contributed by atoms with Crippen molar-refractivity contribution in [2.75, 3.05) is 6.61 Å². The van der Waals surface area contributed by atoms with Crippen molar-refractivity contribution in [3.05, 3.63) is 41.7 Å².